The van der Waals surface area contributed by atoms with Crippen molar-refractivity contribution in [2.24, 2.45) is 0 Å². The molecule has 0 amide bonds. The van der Waals surface area contributed by atoms with Gasteiger partial charge in [-0.25, -0.2) is 0 Å². The molecule has 0 spiro atoms. The van der Waals surface area contributed by atoms with Crippen molar-refractivity contribution >= 4 is 17.2 Å². The minimum atomic E-state index is -0.290. The quantitative estimate of drug-likeness (QED) is 0.418. The fraction of sp³-hybridized carbons (Fsp3) is 0.300. The Labute approximate surface area is 207 Å². The van der Waals surface area contributed by atoms with Crippen molar-refractivity contribution in [2.45, 2.75) is 45.1 Å². The first kappa shape index (κ1) is 23.0. The summed E-state index contributed by atoms with van der Waals surface area (Å²) < 4.78 is 11.5. The van der Waals surface area contributed by atoms with Gasteiger partial charge in [0.1, 0.15) is 0 Å². The van der Waals surface area contributed by atoms with Crippen LogP contribution in [0.2, 0.25) is 0 Å². The van der Waals surface area contributed by atoms with Crippen molar-refractivity contribution in [1.29, 1.82) is 0 Å². The number of aryl methyl sites for hydroxylation is 1. The monoisotopic (exact) mass is 468 g/mol. The first-order chi connectivity index (χ1) is 17.1. The van der Waals surface area contributed by atoms with Crippen LogP contribution < -0.4 is 20.1 Å². The molecule has 180 valence electrons. The van der Waals surface area contributed by atoms with Crippen LogP contribution >= 0.6 is 0 Å². The molecule has 0 unspecified atom stereocenters. The van der Waals surface area contributed by atoms with E-state index in [4.69, 9.17) is 9.47 Å². The van der Waals surface area contributed by atoms with Gasteiger partial charge in [0.25, 0.3) is 0 Å². The molecule has 5 nitrogen and oxygen atoms in total. The van der Waals surface area contributed by atoms with Crippen LogP contribution in [0.25, 0.3) is 0 Å². The molecule has 1 aliphatic heterocycles. The molecule has 0 aromatic heterocycles. The van der Waals surface area contributed by atoms with E-state index in [1.165, 1.54) is 11.1 Å². The molecule has 0 saturated heterocycles. The van der Waals surface area contributed by atoms with Crippen molar-refractivity contribution in [3.63, 3.8) is 0 Å². The van der Waals surface area contributed by atoms with E-state index in [1.54, 1.807) is 7.11 Å². The Hall–Kier alpha value is -3.73. The summed E-state index contributed by atoms with van der Waals surface area (Å²) in [5.74, 6) is 1.71. The Balaban J connectivity index is 1.57. The zero-order valence-electron chi connectivity index (χ0n) is 20.6. The van der Waals surface area contributed by atoms with Crippen LogP contribution in [0.5, 0.6) is 11.5 Å². The lowest BCUT2D eigenvalue weighted by atomic mass is 9.78. The first-order valence-electron chi connectivity index (χ1n) is 12.3. The van der Waals surface area contributed by atoms with Gasteiger partial charge in [0.05, 0.1) is 31.1 Å². The molecule has 5 heteroatoms. The fourth-order valence-electron chi connectivity index (χ4n) is 5.01. The molecular formula is C30H32N2O3. The van der Waals surface area contributed by atoms with Crippen molar-refractivity contribution in [1.82, 2.24) is 0 Å². The van der Waals surface area contributed by atoms with Gasteiger partial charge in [0, 0.05) is 17.7 Å². The average molecular weight is 469 g/mol. The second kappa shape index (κ2) is 9.87. The summed E-state index contributed by atoms with van der Waals surface area (Å²) in [7, 11) is 1.65. The predicted molar refractivity (Wildman–Crippen MR) is 140 cm³/mol. The van der Waals surface area contributed by atoms with Gasteiger partial charge in [-0.3, -0.25) is 4.79 Å². The smallest absolute Gasteiger partial charge is 0.163 e. The molecule has 2 atom stereocenters. The number of carbonyl (C=O) groups is 1. The first-order valence-corrected chi connectivity index (χ1v) is 12.3. The summed E-state index contributed by atoms with van der Waals surface area (Å²) in [6.45, 7) is 4.79. The van der Waals surface area contributed by atoms with E-state index < -0.39 is 0 Å². The van der Waals surface area contributed by atoms with E-state index in [1.807, 2.05) is 36.4 Å². The summed E-state index contributed by atoms with van der Waals surface area (Å²) in [6.07, 6.45) is 2.20. The van der Waals surface area contributed by atoms with Crippen molar-refractivity contribution < 1.29 is 14.3 Å². The second-order valence-corrected chi connectivity index (χ2v) is 9.34. The normalized spacial score (nSPS) is 19.1. The third kappa shape index (κ3) is 4.63. The number of nitrogens with one attached hydrogen (secondary N) is 2. The number of fused-ring (bicyclic) bond motifs is 1. The highest BCUT2D eigenvalue weighted by Crippen LogP contribution is 2.45. The summed E-state index contributed by atoms with van der Waals surface area (Å²) >= 11 is 0. The van der Waals surface area contributed by atoms with Gasteiger partial charge in [-0.1, -0.05) is 55.0 Å². The van der Waals surface area contributed by atoms with Crippen molar-refractivity contribution in [3.05, 3.63) is 94.7 Å². The van der Waals surface area contributed by atoms with Crippen LogP contribution in [0.1, 0.15) is 54.8 Å². The van der Waals surface area contributed by atoms with E-state index >= 15 is 0 Å². The number of benzene rings is 3. The number of hydrogen-bond donors (Lipinski definition) is 2. The van der Waals surface area contributed by atoms with Gasteiger partial charge < -0.3 is 20.1 Å². The largest absolute Gasteiger partial charge is 0.493 e. The summed E-state index contributed by atoms with van der Waals surface area (Å²) in [5.41, 5.74) is 7.14. The molecule has 35 heavy (non-hydrogen) atoms. The maximum atomic E-state index is 13.7. The van der Waals surface area contributed by atoms with Crippen molar-refractivity contribution in [3.8, 4) is 11.5 Å². The molecule has 1 aliphatic carbocycles. The third-order valence-corrected chi connectivity index (χ3v) is 6.84. The van der Waals surface area contributed by atoms with Crippen LogP contribution in [0.15, 0.2) is 78.0 Å². The van der Waals surface area contributed by atoms with E-state index in [-0.39, 0.29) is 17.7 Å². The lowest BCUT2D eigenvalue weighted by Gasteiger charge is -2.30. The molecular weight excluding hydrogens is 436 g/mol. The number of ether oxygens (including phenoxy) is 2. The minimum Gasteiger partial charge on any atom is -0.493 e. The number of para-hydroxylation sites is 2. The average Bonchev–Trinajstić information content (AvgIpc) is 3.04. The summed E-state index contributed by atoms with van der Waals surface area (Å²) in [6, 6.07) is 22.3. The van der Waals surface area contributed by atoms with Gasteiger partial charge in [0.15, 0.2) is 17.3 Å². The summed E-state index contributed by atoms with van der Waals surface area (Å²) in [4.78, 5) is 13.7. The Morgan fingerprint density at radius 2 is 1.66 bits per heavy atom. The van der Waals surface area contributed by atoms with Gasteiger partial charge in [-0.15, -0.1) is 0 Å². The lowest BCUT2D eigenvalue weighted by Crippen LogP contribution is -2.26. The molecule has 0 fully saturated rings. The van der Waals surface area contributed by atoms with Crippen LogP contribution in [-0.2, 0) is 4.79 Å². The zero-order chi connectivity index (χ0) is 24.4. The number of anilines is 2. The molecule has 3 aromatic rings. The molecule has 0 radical (unpaired) electrons. The maximum absolute atomic E-state index is 13.7. The minimum absolute atomic E-state index is 0.152. The number of ketones is 1. The van der Waals surface area contributed by atoms with Crippen LogP contribution in [0.3, 0.4) is 0 Å². The van der Waals surface area contributed by atoms with Crippen LogP contribution in [0, 0.1) is 6.92 Å². The maximum Gasteiger partial charge on any atom is 0.163 e. The van der Waals surface area contributed by atoms with Crippen LogP contribution in [0.4, 0.5) is 11.4 Å². The zero-order valence-corrected chi connectivity index (χ0v) is 20.6. The molecule has 3 aromatic carbocycles. The number of hydrogen-bond acceptors (Lipinski definition) is 5. The molecule has 1 heterocycles. The summed E-state index contributed by atoms with van der Waals surface area (Å²) in [5, 5.41) is 7.25. The van der Waals surface area contributed by atoms with E-state index in [9.17, 15) is 4.79 Å². The van der Waals surface area contributed by atoms with E-state index in [0.29, 0.717) is 24.5 Å². The number of rotatable bonds is 6. The molecule has 0 bridgehead atoms. The number of carbonyl (C=O) groups excluding carboxylic acids is 1. The van der Waals surface area contributed by atoms with Crippen molar-refractivity contribution in [2.75, 3.05) is 24.4 Å². The molecule has 5 rings (SSSR count). The lowest BCUT2D eigenvalue weighted by molar-refractivity contribution is -0.116. The number of Topliss-reactive ketones (excluding diaryl/α,β-unsaturated/α-hetero) is 1. The Kier molecular flexibility index (Phi) is 6.49. The SMILES string of the molecule is CCCOc1ccc([C@@H]2Nc3ccccc3NC3=C2C(=O)C[C@H](c2ccc(C)cc2)C3)cc1OC. The highest BCUT2D eigenvalue weighted by Gasteiger charge is 2.36. The fourth-order valence-corrected chi connectivity index (χ4v) is 5.01. The number of methoxy groups -OCH3 is 1. The van der Waals surface area contributed by atoms with E-state index in [2.05, 4.69) is 54.8 Å². The van der Waals surface area contributed by atoms with Gasteiger partial charge in [0.2, 0.25) is 0 Å². The molecule has 2 aliphatic rings. The van der Waals surface area contributed by atoms with Crippen LogP contribution in [-0.4, -0.2) is 19.5 Å². The third-order valence-electron chi connectivity index (χ3n) is 6.84. The standard InChI is InChI=1S/C30H32N2O3/c1-4-15-35-27-14-13-21(18-28(27)34-3)30-29-25(31-23-7-5-6-8-24(23)32-30)16-22(17-26(29)33)20-11-9-19(2)10-12-20/h5-14,18,22,30-32H,4,15-17H2,1-3H3/t22-,30+/m1/s1. The van der Waals surface area contributed by atoms with E-state index in [0.717, 1.165) is 41.1 Å². The Bertz CT molecular complexity index is 1260. The number of allylic oxidation sites excluding steroid dienone is 1. The highest BCUT2D eigenvalue weighted by atomic mass is 16.5. The Morgan fingerprint density at radius 1 is 0.914 bits per heavy atom. The molecule has 0 saturated carbocycles. The second-order valence-electron chi connectivity index (χ2n) is 9.34. The topological polar surface area (TPSA) is 59.6 Å². The van der Waals surface area contributed by atoms with Gasteiger partial charge in [-0.2, -0.15) is 0 Å². The Morgan fingerprint density at radius 3 is 2.40 bits per heavy atom. The predicted octanol–water partition coefficient (Wildman–Crippen LogP) is 6.77. The van der Waals surface area contributed by atoms with Gasteiger partial charge in [-0.05, 0) is 61.1 Å². The van der Waals surface area contributed by atoms with Gasteiger partial charge >= 0.3 is 0 Å². The highest BCUT2D eigenvalue weighted by molar-refractivity contribution is 6.01. The molecule has 2 N–H and O–H groups in total.